The third kappa shape index (κ3) is 3.55. The number of nitrogens with zero attached hydrogens (tertiary/aromatic N) is 2. The average Bonchev–Trinajstić information content (AvgIpc) is 3.16. The molecular formula is C28H25FN4O3. The summed E-state index contributed by atoms with van der Waals surface area (Å²) in [6.45, 7) is 3.82. The van der Waals surface area contributed by atoms with E-state index in [9.17, 15) is 14.4 Å². The Morgan fingerprint density at radius 2 is 2.06 bits per heavy atom. The predicted octanol–water partition coefficient (Wildman–Crippen LogP) is 3.96. The molecule has 182 valence electrons. The van der Waals surface area contributed by atoms with Gasteiger partial charge in [0.1, 0.15) is 11.9 Å². The van der Waals surface area contributed by atoms with Crippen LogP contribution in [0.5, 0.6) is 11.5 Å². The van der Waals surface area contributed by atoms with Gasteiger partial charge in [-0.05, 0) is 59.5 Å². The molecule has 0 saturated carbocycles. The van der Waals surface area contributed by atoms with Gasteiger partial charge in [0.05, 0.1) is 18.7 Å². The molecule has 36 heavy (non-hydrogen) atoms. The summed E-state index contributed by atoms with van der Waals surface area (Å²) in [6.07, 6.45) is -0.116. The van der Waals surface area contributed by atoms with E-state index in [2.05, 4.69) is 16.4 Å². The maximum Gasteiger partial charge on any atom is 0.259 e. The van der Waals surface area contributed by atoms with Gasteiger partial charge in [-0.2, -0.15) is 5.26 Å². The van der Waals surface area contributed by atoms with Crippen molar-refractivity contribution in [1.29, 1.82) is 5.26 Å². The van der Waals surface area contributed by atoms with Crippen LogP contribution in [-0.4, -0.2) is 25.1 Å². The van der Waals surface area contributed by atoms with E-state index in [1.54, 1.807) is 18.2 Å². The number of nitriles is 1. The smallest absolute Gasteiger partial charge is 0.259 e. The van der Waals surface area contributed by atoms with E-state index >= 15 is 0 Å². The minimum Gasteiger partial charge on any atom is -0.494 e. The van der Waals surface area contributed by atoms with Gasteiger partial charge in [0, 0.05) is 17.9 Å². The van der Waals surface area contributed by atoms with Gasteiger partial charge in [-0.3, -0.25) is 10.1 Å². The predicted molar refractivity (Wildman–Crippen MR) is 133 cm³/mol. The summed E-state index contributed by atoms with van der Waals surface area (Å²) >= 11 is 0. The van der Waals surface area contributed by atoms with Crippen LogP contribution >= 0.6 is 0 Å². The number of hydrogen-bond acceptors (Lipinski definition) is 6. The molecule has 8 heteroatoms. The van der Waals surface area contributed by atoms with E-state index in [1.807, 2.05) is 44.2 Å². The molecule has 3 aromatic carbocycles. The fourth-order valence-electron chi connectivity index (χ4n) is 5.34. The van der Waals surface area contributed by atoms with Crippen LogP contribution in [0.15, 0.2) is 59.6 Å². The largest absolute Gasteiger partial charge is 0.494 e. The van der Waals surface area contributed by atoms with Gasteiger partial charge in [0.25, 0.3) is 5.91 Å². The molecule has 3 N–H and O–H groups in total. The minimum absolute atomic E-state index is 0.0465. The van der Waals surface area contributed by atoms with Gasteiger partial charge in [-0.1, -0.05) is 31.2 Å². The summed E-state index contributed by atoms with van der Waals surface area (Å²) < 4.78 is 25.8. The van der Waals surface area contributed by atoms with Crippen LogP contribution in [0, 0.1) is 30.0 Å². The van der Waals surface area contributed by atoms with E-state index < -0.39 is 23.4 Å². The SMILES string of the molecule is COc1ccc(C[C@H]2Oc3ccc(-c4cccc(C#N)c4)c(C)c3[C@]3(N=C(N)NC3=O)C2C)cc1F. The summed E-state index contributed by atoms with van der Waals surface area (Å²) in [4.78, 5) is 18.1. The molecule has 0 fully saturated rings. The number of fused-ring (bicyclic) bond motifs is 2. The van der Waals surface area contributed by atoms with Crippen molar-refractivity contribution in [3.8, 4) is 28.7 Å². The third-order valence-electron chi connectivity index (χ3n) is 7.14. The van der Waals surface area contributed by atoms with Crippen molar-refractivity contribution in [3.05, 3.63) is 82.7 Å². The maximum absolute atomic E-state index is 14.4. The van der Waals surface area contributed by atoms with E-state index in [0.717, 1.165) is 16.7 Å². The number of methoxy groups -OCH3 is 1. The molecule has 7 nitrogen and oxygen atoms in total. The number of ether oxygens (including phenoxy) is 2. The van der Waals surface area contributed by atoms with E-state index in [0.29, 0.717) is 28.9 Å². The highest BCUT2D eigenvalue weighted by Gasteiger charge is 2.57. The summed E-state index contributed by atoms with van der Waals surface area (Å²) in [6, 6.07) is 18.0. The van der Waals surface area contributed by atoms with Crippen molar-refractivity contribution in [3.63, 3.8) is 0 Å². The Morgan fingerprint density at radius 3 is 2.72 bits per heavy atom. The lowest BCUT2D eigenvalue weighted by molar-refractivity contribution is -0.128. The number of nitrogens with one attached hydrogen (secondary N) is 1. The van der Waals surface area contributed by atoms with Crippen LogP contribution in [0.1, 0.15) is 29.2 Å². The molecule has 2 aliphatic heterocycles. The zero-order valence-corrected chi connectivity index (χ0v) is 20.1. The van der Waals surface area contributed by atoms with Crippen LogP contribution in [-0.2, 0) is 16.8 Å². The summed E-state index contributed by atoms with van der Waals surface area (Å²) in [5, 5.41) is 12.0. The van der Waals surface area contributed by atoms with Crippen molar-refractivity contribution in [2.45, 2.75) is 31.9 Å². The van der Waals surface area contributed by atoms with Gasteiger partial charge in [-0.25, -0.2) is 9.38 Å². The van der Waals surface area contributed by atoms with Crippen molar-refractivity contribution in [1.82, 2.24) is 5.32 Å². The zero-order chi connectivity index (χ0) is 25.6. The molecule has 1 amide bonds. The number of benzene rings is 3. The second kappa shape index (κ2) is 8.68. The molecule has 3 atom stereocenters. The summed E-state index contributed by atoms with van der Waals surface area (Å²) in [5.41, 5.74) is 9.13. The number of aliphatic imine (C=N–C) groups is 1. The molecule has 2 aliphatic rings. The number of hydrogen-bond donors (Lipinski definition) is 2. The highest BCUT2D eigenvalue weighted by molar-refractivity contribution is 6.08. The number of nitrogens with two attached hydrogens (primary N) is 1. The number of rotatable bonds is 4. The lowest BCUT2D eigenvalue weighted by atomic mass is 9.70. The first-order valence-corrected chi connectivity index (χ1v) is 11.6. The quantitative estimate of drug-likeness (QED) is 0.583. The number of carbonyl (C=O) groups is 1. The molecule has 0 aliphatic carbocycles. The molecule has 0 aromatic heterocycles. The van der Waals surface area contributed by atoms with E-state index in [4.69, 9.17) is 15.2 Å². The standard InChI is InChI=1S/C28H25FN4O3/c1-15-20(19-6-4-5-18(11-19)14-30)8-10-23-25(15)28(26(34)32-27(31)33-28)16(2)24(36-23)13-17-7-9-22(35-3)21(29)12-17/h4-12,16,24H,13H2,1-3H3,(H3,31,32,33,34)/t16?,24-,28-/m1/s1. The number of guanidine groups is 1. The van der Waals surface area contributed by atoms with Crippen LogP contribution in [0.2, 0.25) is 0 Å². The van der Waals surface area contributed by atoms with Crippen molar-refractivity contribution in [2.75, 3.05) is 7.11 Å². The molecule has 1 unspecified atom stereocenters. The molecule has 0 bridgehead atoms. The molecule has 1 spiro atoms. The summed E-state index contributed by atoms with van der Waals surface area (Å²) in [5.74, 6) is -0.475. The molecule has 0 saturated heterocycles. The third-order valence-corrected chi connectivity index (χ3v) is 7.14. The summed E-state index contributed by atoms with van der Waals surface area (Å²) in [7, 11) is 1.42. The van der Waals surface area contributed by atoms with Crippen LogP contribution in [0.4, 0.5) is 4.39 Å². The Balaban J connectivity index is 1.64. The van der Waals surface area contributed by atoms with Gasteiger partial charge in [-0.15, -0.1) is 0 Å². The van der Waals surface area contributed by atoms with Crippen molar-refractivity contribution < 1.29 is 18.7 Å². The molecule has 3 aromatic rings. The van der Waals surface area contributed by atoms with E-state index in [-0.39, 0.29) is 17.6 Å². The first-order chi connectivity index (χ1) is 17.3. The minimum atomic E-state index is -1.31. The highest BCUT2D eigenvalue weighted by atomic mass is 19.1. The van der Waals surface area contributed by atoms with E-state index in [1.165, 1.54) is 13.2 Å². The molecule has 5 rings (SSSR count). The fraction of sp³-hybridized carbons (Fsp3) is 0.250. The van der Waals surface area contributed by atoms with Crippen LogP contribution < -0.4 is 20.5 Å². The van der Waals surface area contributed by atoms with Gasteiger partial charge < -0.3 is 15.2 Å². The second-order valence-electron chi connectivity index (χ2n) is 9.14. The first-order valence-electron chi connectivity index (χ1n) is 11.6. The Bertz CT molecular complexity index is 1460. The zero-order valence-electron chi connectivity index (χ0n) is 20.1. The Kier molecular flexibility index (Phi) is 5.64. The molecule has 0 radical (unpaired) electrons. The van der Waals surface area contributed by atoms with Gasteiger partial charge in [0.2, 0.25) is 0 Å². The lowest BCUT2D eigenvalue weighted by Gasteiger charge is -2.43. The van der Waals surface area contributed by atoms with Gasteiger partial charge >= 0.3 is 0 Å². The molecule has 2 heterocycles. The monoisotopic (exact) mass is 484 g/mol. The van der Waals surface area contributed by atoms with Crippen molar-refractivity contribution in [2.24, 2.45) is 16.6 Å². The van der Waals surface area contributed by atoms with Crippen LogP contribution in [0.3, 0.4) is 0 Å². The van der Waals surface area contributed by atoms with Crippen LogP contribution in [0.25, 0.3) is 11.1 Å². The second-order valence-corrected chi connectivity index (χ2v) is 9.14. The highest BCUT2D eigenvalue weighted by Crippen LogP contribution is 2.51. The first kappa shape index (κ1) is 23.4. The Morgan fingerprint density at radius 1 is 1.25 bits per heavy atom. The topological polar surface area (TPSA) is 110 Å². The number of halogens is 1. The number of carbonyl (C=O) groups excluding carboxylic acids is 1. The van der Waals surface area contributed by atoms with Crippen molar-refractivity contribution >= 4 is 11.9 Å². The van der Waals surface area contributed by atoms with Gasteiger partial charge in [0.15, 0.2) is 23.1 Å². The Labute approximate surface area is 208 Å². The normalized spacial score (nSPS) is 22.3. The Hall–Kier alpha value is -4.38. The molecular weight excluding hydrogens is 459 g/mol. The maximum atomic E-state index is 14.4. The average molecular weight is 485 g/mol. The lowest BCUT2D eigenvalue weighted by Crippen LogP contribution is -2.52. The fourth-order valence-corrected chi connectivity index (χ4v) is 5.34. The number of amides is 1.